The third-order valence-corrected chi connectivity index (χ3v) is 6.77. The van der Waals surface area contributed by atoms with Crippen molar-refractivity contribution in [3.63, 3.8) is 0 Å². The van der Waals surface area contributed by atoms with Crippen molar-refractivity contribution in [3.05, 3.63) is 54.2 Å². The molecule has 0 aliphatic rings. The number of nitrogens with zero attached hydrogens (tertiary/aromatic N) is 6. The summed E-state index contributed by atoms with van der Waals surface area (Å²) >= 11 is 1.39. The number of methoxy groups -OCH3 is 1. The summed E-state index contributed by atoms with van der Waals surface area (Å²) < 4.78 is 31.8. The van der Waals surface area contributed by atoms with E-state index in [9.17, 15) is 9.18 Å². The highest BCUT2D eigenvalue weighted by molar-refractivity contribution is 7.21. The maximum atomic E-state index is 14.9. The SMILES string of the molecule is COc1cnc2c(-c3nc4cc(F)c(OC[C@@H](C)OC(=O)Nc5cnc(N(C)C)nc5)cc4s3)cc(C)cc2n1. The molecular formula is C27H26FN7O4S. The van der Waals surface area contributed by atoms with Crippen molar-refractivity contribution >= 4 is 50.3 Å². The van der Waals surface area contributed by atoms with Gasteiger partial charge in [0.15, 0.2) is 11.6 Å². The number of nitrogens with one attached hydrogen (secondary N) is 1. The van der Waals surface area contributed by atoms with E-state index in [-0.39, 0.29) is 12.4 Å². The Morgan fingerprint density at radius 3 is 2.58 bits per heavy atom. The lowest BCUT2D eigenvalue weighted by Crippen LogP contribution is -2.25. The molecule has 0 saturated carbocycles. The van der Waals surface area contributed by atoms with Crippen LogP contribution in [0.15, 0.2) is 42.9 Å². The summed E-state index contributed by atoms with van der Waals surface area (Å²) in [6, 6.07) is 6.81. The predicted molar refractivity (Wildman–Crippen MR) is 151 cm³/mol. The molecule has 2 aromatic carbocycles. The van der Waals surface area contributed by atoms with Gasteiger partial charge in [0.1, 0.15) is 17.7 Å². The first-order valence-electron chi connectivity index (χ1n) is 12.2. The van der Waals surface area contributed by atoms with E-state index in [1.165, 1.54) is 36.9 Å². The molecule has 5 rings (SSSR count). The van der Waals surface area contributed by atoms with Gasteiger partial charge in [0.25, 0.3) is 0 Å². The van der Waals surface area contributed by atoms with Gasteiger partial charge in [0, 0.05) is 31.8 Å². The number of carbonyl (C=O) groups is 1. The zero-order valence-electron chi connectivity index (χ0n) is 22.4. The van der Waals surface area contributed by atoms with Gasteiger partial charge in [-0.2, -0.15) is 0 Å². The molecule has 1 atom stereocenters. The molecule has 0 spiro atoms. The minimum Gasteiger partial charge on any atom is -0.487 e. The van der Waals surface area contributed by atoms with Gasteiger partial charge in [-0.25, -0.2) is 34.1 Å². The Balaban J connectivity index is 1.28. The third-order valence-electron chi connectivity index (χ3n) is 5.72. The first-order valence-corrected chi connectivity index (χ1v) is 13.0. The van der Waals surface area contributed by atoms with Crippen LogP contribution in [0.2, 0.25) is 0 Å². The van der Waals surface area contributed by atoms with Crippen LogP contribution in [0, 0.1) is 12.7 Å². The van der Waals surface area contributed by atoms with Gasteiger partial charge >= 0.3 is 6.09 Å². The molecule has 1 amide bonds. The van der Waals surface area contributed by atoms with E-state index in [0.29, 0.717) is 39.1 Å². The van der Waals surface area contributed by atoms with Crippen LogP contribution in [0.25, 0.3) is 31.8 Å². The Morgan fingerprint density at radius 2 is 1.85 bits per heavy atom. The fraction of sp³-hybridized carbons (Fsp3) is 0.259. The molecule has 11 nitrogen and oxygen atoms in total. The number of amides is 1. The van der Waals surface area contributed by atoms with Gasteiger partial charge in [-0.1, -0.05) is 0 Å². The van der Waals surface area contributed by atoms with Gasteiger partial charge in [-0.05, 0) is 31.5 Å². The number of aromatic nitrogens is 5. The van der Waals surface area contributed by atoms with Crippen molar-refractivity contribution in [1.29, 1.82) is 0 Å². The van der Waals surface area contributed by atoms with Gasteiger partial charge < -0.3 is 19.1 Å². The molecule has 0 aliphatic carbocycles. The van der Waals surface area contributed by atoms with E-state index >= 15 is 0 Å². The fourth-order valence-corrected chi connectivity index (χ4v) is 4.85. The van der Waals surface area contributed by atoms with Crippen molar-refractivity contribution < 1.29 is 23.4 Å². The van der Waals surface area contributed by atoms with Crippen LogP contribution in [-0.2, 0) is 4.74 Å². The second-order valence-corrected chi connectivity index (χ2v) is 10.2. The minimum atomic E-state index is -0.702. The molecule has 13 heteroatoms. The quantitative estimate of drug-likeness (QED) is 0.268. The Kier molecular flexibility index (Phi) is 7.56. The summed E-state index contributed by atoms with van der Waals surface area (Å²) in [6.45, 7) is 3.55. The summed E-state index contributed by atoms with van der Waals surface area (Å²) in [7, 11) is 5.16. The molecule has 0 fully saturated rings. The highest BCUT2D eigenvalue weighted by atomic mass is 32.1. The number of fused-ring (bicyclic) bond motifs is 2. The Labute approximate surface area is 233 Å². The van der Waals surface area contributed by atoms with Gasteiger partial charge in [-0.15, -0.1) is 11.3 Å². The lowest BCUT2D eigenvalue weighted by atomic mass is 10.1. The van der Waals surface area contributed by atoms with Crippen LogP contribution in [0.1, 0.15) is 12.5 Å². The van der Waals surface area contributed by atoms with Crippen LogP contribution < -0.4 is 19.7 Å². The van der Waals surface area contributed by atoms with Crippen molar-refractivity contribution in [2.45, 2.75) is 20.0 Å². The summed E-state index contributed by atoms with van der Waals surface area (Å²) in [5.74, 6) is 0.387. The number of anilines is 2. The fourth-order valence-electron chi connectivity index (χ4n) is 3.85. The van der Waals surface area contributed by atoms with Crippen molar-refractivity contribution in [3.8, 4) is 22.2 Å². The number of hydrogen-bond acceptors (Lipinski definition) is 11. The molecule has 0 radical (unpaired) electrons. The van der Waals surface area contributed by atoms with Crippen LogP contribution in [0.3, 0.4) is 0 Å². The Bertz CT molecular complexity index is 1690. The van der Waals surface area contributed by atoms with E-state index in [0.717, 1.165) is 15.8 Å². The predicted octanol–water partition coefficient (Wildman–Crippen LogP) is 5.23. The van der Waals surface area contributed by atoms with Crippen molar-refractivity contribution in [1.82, 2.24) is 24.9 Å². The average molecular weight is 564 g/mol. The molecule has 3 aromatic heterocycles. The van der Waals surface area contributed by atoms with Crippen molar-refractivity contribution in [2.75, 3.05) is 38.0 Å². The maximum Gasteiger partial charge on any atom is 0.412 e. The standard InChI is InChI=1S/C27H26FN7O4S/c1-14-6-17(24-20(7-14)33-23(37-5)12-29-24)25-34-19-8-18(28)21(9-22(19)40-25)38-13-15(2)39-27(36)32-16-10-30-26(31-11-16)35(3)4/h6-12,15H,13H2,1-5H3,(H,32,36)/t15-/m1/s1. The first kappa shape index (κ1) is 26.9. The van der Waals surface area contributed by atoms with Crippen LogP contribution in [0.5, 0.6) is 11.6 Å². The van der Waals surface area contributed by atoms with Gasteiger partial charge in [0.05, 0.1) is 52.6 Å². The number of ether oxygens (including phenoxy) is 3. The minimum absolute atomic E-state index is 0.0323. The zero-order valence-corrected chi connectivity index (χ0v) is 23.2. The first-order chi connectivity index (χ1) is 19.2. The van der Waals surface area contributed by atoms with E-state index in [4.69, 9.17) is 14.2 Å². The van der Waals surface area contributed by atoms with Crippen LogP contribution in [0.4, 0.5) is 20.8 Å². The van der Waals surface area contributed by atoms with E-state index < -0.39 is 18.0 Å². The monoisotopic (exact) mass is 563 g/mol. The number of aryl methyl sites for hydroxylation is 1. The number of rotatable bonds is 8. The molecule has 40 heavy (non-hydrogen) atoms. The molecule has 0 unspecified atom stereocenters. The Hall–Kier alpha value is -4.65. The average Bonchev–Trinajstić information content (AvgIpc) is 3.33. The third kappa shape index (κ3) is 5.83. The molecule has 1 N–H and O–H groups in total. The zero-order chi connectivity index (χ0) is 28.4. The molecule has 206 valence electrons. The van der Waals surface area contributed by atoms with E-state index in [1.54, 1.807) is 24.1 Å². The van der Waals surface area contributed by atoms with Gasteiger partial charge in [0.2, 0.25) is 11.8 Å². The molecule has 0 bridgehead atoms. The second kappa shape index (κ2) is 11.2. The molecule has 3 heterocycles. The van der Waals surface area contributed by atoms with Gasteiger partial charge in [-0.3, -0.25) is 5.32 Å². The summed E-state index contributed by atoms with van der Waals surface area (Å²) in [6.07, 6.45) is 3.14. The summed E-state index contributed by atoms with van der Waals surface area (Å²) in [5.41, 5.74) is 4.01. The summed E-state index contributed by atoms with van der Waals surface area (Å²) in [4.78, 5) is 35.9. The van der Waals surface area contributed by atoms with Crippen molar-refractivity contribution in [2.24, 2.45) is 0 Å². The Morgan fingerprint density at radius 1 is 1.07 bits per heavy atom. The van der Waals surface area contributed by atoms with Crippen LogP contribution in [-0.4, -0.2) is 64.9 Å². The number of benzene rings is 2. The number of carbonyl (C=O) groups excluding carboxylic acids is 1. The lowest BCUT2D eigenvalue weighted by molar-refractivity contribution is 0.0844. The molecule has 5 aromatic rings. The number of hydrogen-bond donors (Lipinski definition) is 1. The lowest BCUT2D eigenvalue weighted by Gasteiger charge is -2.15. The largest absolute Gasteiger partial charge is 0.487 e. The topological polar surface area (TPSA) is 124 Å². The maximum absolute atomic E-state index is 14.9. The second-order valence-electron chi connectivity index (χ2n) is 9.18. The smallest absolute Gasteiger partial charge is 0.412 e. The van der Waals surface area contributed by atoms with Crippen LogP contribution >= 0.6 is 11.3 Å². The van der Waals surface area contributed by atoms with E-state index in [1.807, 2.05) is 33.2 Å². The highest BCUT2D eigenvalue weighted by Crippen LogP contribution is 2.37. The number of halogens is 1. The molecular weight excluding hydrogens is 537 g/mol. The number of thiazole rings is 1. The normalized spacial score (nSPS) is 11.8. The molecule has 0 saturated heterocycles. The highest BCUT2D eigenvalue weighted by Gasteiger charge is 2.17. The summed E-state index contributed by atoms with van der Waals surface area (Å²) in [5, 5.41) is 3.23. The van der Waals surface area contributed by atoms with E-state index in [2.05, 4.69) is 30.2 Å². The molecule has 0 aliphatic heterocycles.